The van der Waals surface area contributed by atoms with Gasteiger partial charge < -0.3 is 9.84 Å². The Labute approximate surface area is 95.5 Å². The van der Waals surface area contributed by atoms with Gasteiger partial charge in [-0.05, 0) is 13.5 Å². The molecule has 0 aliphatic heterocycles. The molecule has 0 bridgehead atoms. The zero-order chi connectivity index (χ0) is 11.4. The largest absolute Gasteiger partial charge is 0.356 e. The maximum atomic E-state index is 5.30. The van der Waals surface area contributed by atoms with E-state index in [1.807, 2.05) is 0 Å². The van der Waals surface area contributed by atoms with Crippen LogP contribution in [0.2, 0.25) is 0 Å². The number of hydrogen-bond donors (Lipinski definition) is 1. The van der Waals surface area contributed by atoms with E-state index in [2.05, 4.69) is 48.6 Å². The third kappa shape index (κ3) is 2.31. The molecule has 0 aliphatic carbocycles. The van der Waals surface area contributed by atoms with Gasteiger partial charge in [-0.1, -0.05) is 41.9 Å². The van der Waals surface area contributed by atoms with Crippen LogP contribution in [0.15, 0.2) is 35.0 Å². The van der Waals surface area contributed by atoms with Crippen molar-refractivity contribution in [3.63, 3.8) is 0 Å². The quantitative estimate of drug-likeness (QED) is 0.854. The van der Waals surface area contributed by atoms with E-state index in [4.69, 9.17) is 4.52 Å². The second-order valence-corrected chi connectivity index (χ2v) is 3.83. The Hall–Kier alpha value is -1.61. The van der Waals surface area contributed by atoms with Crippen LogP contribution in [0.3, 0.4) is 0 Å². The Bertz CT molecular complexity index is 445. The Morgan fingerprint density at radius 1 is 1.25 bits per heavy atom. The molecule has 3 heteroatoms. The van der Waals surface area contributed by atoms with Crippen LogP contribution in [0, 0.1) is 6.92 Å². The first-order chi connectivity index (χ1) is 7.81. The lowest BCUT2D eigenvalue weighted by atomic mass is 10.1. The maximum Gasteiger partial charge on any atom is 0.171 e. The first-order valence-corrected chi connectivity index (χ1v) is 5.52. The van der Waals surface area contributed by atoms with Crippen LogP contribution in [0.25, 0.3) is 11.3 Å². The second-order valence-electron chi connectivity index (χ2n) is 3.83. The van der Waals surface area contributed by atoms with Gasteiger partial charge in [0.05, 0.1) is 6.20 Å². The fourth-order valence-electron chi connectivity index (χ4n) is 1.59. The van der Waals surface area contributed by atoms with Crippen LogP contribution in [-0.2, 0) is 6.54 Å². The molecule has 0 atom stereocenters. The lowest BCUT2D eigenvalue weighted by Crippen LogP contribution is -2.11. The lowest BCUT2D eigenvalue weighted by Gasteiger charge is -2.02. The minimum absolute atomic E-state index is 0.795. The van der Waals surface area contributed by atoms with E-state index >= 15 is 0 Å². The predicted molar refractivity (Wildman–Crippen MR) is 64.1 cm³/mol. The monoisotopic (exact) mass is 216 g/mol. The van der Waals surface area contributed by atoms with Crippen molar-refractivity contribution in [1.82, 2.24) is 10.5 Å². The first kappa shape index (κ1) is 10.9. The minimum atomic E-state index is 0.795. The molecule has 0 radical (unpaired) electrons. The van der Waals surface area contributed by atoms with Gasteiger partial charge in [-0.25, -0.2) is 0 Å². The third-order valence-electron chi connectivity index (χ3n) is 2.52. The topological polar surface area (TPSA) is 38.1 Å². The summed E-state index contributed by atoms with van der Waals surface area (Å²) in [5.41, 5.74) is 3.43. The standard InChI is InChI=1S/C13H16N2O/c1-3-14-8-12-9-15-16-13(12)11-6-4-10(2)5-7-11/h4-7,9,14H,3,8H2,1-2H3. The minimum Gasteiger partial charge on any atom is -0.356 e. The summed E-state index contributed by atoms with van der Waals surface area (Å²) in [6, 6.07) is 8.28. The highest BCUT2D eigenvalue weighted by Gasteiger charge is 2.09. The van der Waals surface area contributed by atoms with Crippen molar-refractivity contribution in [2.24, 2.45) is 0 Å². The van der Waals surface area contributed by atoms with Crippen LogP contribution < -0.4 is 5.32 Å². The van der Waals surface area contributed by atoms with E-state index in [0.717, 1.165) is 30.0 Å². The number of nitrogens with zero attached hydrogens (tertiary/aromatic N) is 1. The average molecular weight is 216 g/mol. The molecule has 3 nitrogen and oxygen atoms in total. The molecule has 1 heterocycles. The van der Waals surface area contributed by atoms with Gasteiger partial charge in [0.25, 0.3) is 0 Å². The van der Waals surface area contributed by atoms with E-state index in [0.29, 0.717) is 0 Å². The van der Waals surface area contributed by atoms with Gasteiger partial charge in [-0.2, -0.15) is 0 Å². The number of aryl methyl sites for hydroxylation is 1. The molecule has 0 aliphatic rings. The smallest absolute Gasteiger partial charge is 0.171 e. The number of rotatable bonds is 4. The summed E-state index contributed by atoms with van der Waals surface area (Å²) < 4.78 is 5.30. The highest BCUT2D eigenvalue weighted by molar-refractivity contribution is 5.60. The van der Waals surface area contributed by atoms with Crippen molar-refractivity contribution in [1.29, 1.82) is 0 Å². The molecule has 0 fully saturated rings. The zero-order valence-electron chi connectivity index (χ0n) is 9.66. The van der Waals surface area contributed by atoms with Crippen LogP contribution in [0.5, 0.6) is 0 Å². The Morgan fingerprint density at radius 3 is 2.69 bits per heavy atom. The van der Waals surface area contributed by atoms with Crippen LogP contribution in [0.1, 0.15) is 18.1 Å². The molecule has 0 spiro atoms. The zero-order valence-corrected chi connectivity index (χ0v) is 9.66. The summed E-state index contributed by atoms with van der Waals surface area (Å²) in [4.78, 5) is 0. The fraction of sp³-hybridized carbons (Fsp3) is 0.308. The molecule has 0 unspecified atom stereocenters. The molecule has 2 rings (SSSR count). The van der Waals surface area contributed by atoms with E-state index < -0.39 is 0 Å². The molecule has 1 aromatic carbocycles. The normalized spacial score (nSPS) is 10.6. The second kappa shape index (κ2) is 4.94. The van der Waals surface area contributed by atoms with Gasteiger partial charge in [0.1, 0.15) is 0 Å². The van der Waals surface area contributed by atoms with Gasteiger partial charge in [-0.15, -0.1) is 0 Å². The fourth-order valence-corrected chi connectivity index (χ4v) is 1.59. The molecule has 1 N–H and O–H groups in total. The number of nitrogens with one attached hydrogen (secondary N) is 1. The van der Waals surface area contributed by atoms with E-state index in [1.165, 1.54) is 5.56 Å². The molecule has 0 amide bonds. The van der Waals surface area contributed by atoms with Gasteiger partial charge in [0, 0.05) is 17.7 Å². The Morgan fingerprint density at radius 2 is 2.00 bits per heavy atom. The Kier molecular flexibility index (Phi) is 3.37. The number of benzene rings is 1. The van der Waals surface area contributed by atoms with Gasteiger partial charge >= 0.3 is 0 Å². The average Bonchev–Trinajstić information content (AvgIpc) is 2.75. The summed E-state index contributed by atoms with van der Waals surface area (Å²) in [5.74, 6) is 0.862. The molecule has 0 saturated heterocycles. The maximum absolute atomic E-state index is 5.30. The first-order valence-electron chi connectivity index (χ1n) is 5.52. The Balaban J connectivity index is 2.26. The van der Waals surface area contributed by atoms with E-state index in [-0.39, 0.29) is 0 Å². The van der Waals surface area contributed by atoms with Crippen molar-refractivity contribution in [3.8, 4) is 11.3 Å². The van der Waals surface area contributed by atoms with Gasteiger partial charge in [0.2, 0.25) is 0 Å². The summed E-state index contributed by atoms with van der Waals surface area (Å²) in [6.45, 7) is 5.89. The van der Waals surface area contributed by atoms with Gasteiger partial charge in [-0.3, -0.25) is 0 Å². The lowest BCUT2D eigenvalue weighted by molar-refractivity contribution is 0.431. The molecule has 84 valence electrons. The van der Waals surface area contributed by atoms with Crippen molar-refractivity contribution < 1.29 is 4.52 Å². The van der Waals surface area contributed by atoms with Crippen LogP contribution in [-0.4, -0.2) is 11.7 Å². The van der Waals surface area contributed by atoms with E-state index in [1.54, 1.807) is 6.20 Å². The summed E-state index contributed by atoms with van der Waals surface area (Å²) >= 11 is 0. The highest BCUT2D eigenvalue weighted by Crippen LogP contribution is 2.23. The number of aromatic nitrogens is 1. The molecule has 2 aromatic rings. The summed E-state index contributed by atoms with van der Waals surface area (Å²) in [6.07, 6.45) is 1.78. The third-order valence-corrected chi connectivity index (χ3v) is 2.52. The van der Waals surface area contributed by atoms with Crippen molar-refractivity contribution in [3.05, 3.63) is 41.6 Å². The van der Waals surface area contributed by atoms with Gasteiger partial charge in [0.15, 0.2) is 5.76 Å². The molecule has 1 aromatic heterocycles. The predicted octanol–water partition coefficient (Wildman–Crippen LogP) is 2.76. The molecular formula is C13H16N2O. The van der Waals surface area contributed by atoms with Crippen LogP contribution in [0.4, 0.5) is 0 Å². The van der Waals surface area contributed by atoms with Crippen molar-refractivity contribution in [2.45, 2.75) is 20.4 Å². The van der Waals surface area contributed by atoms with Crippen LogP contribution >= 0.6 is 0 Å². The van der Waals surface area contributed by atoms with Crippen molar-refractivity contribution >= 4 is 0 Å². The van der Waals surface area contributed by atoms with Crippen molar-refractivity contribution in [2.75, 3.05) is 6.54 Å². The van der Waals surface area contributed by atoms with E-state index in [9.17, 15) is 0 Å². The highest BCUT2D eigenvalue weighted by atomic mass is 16.5. The molecular weight excluding hydrogens is 200 g/mol. The number of hydrogen-bond acceptors (Lipinski definition) is 3. The molecule has 16 heavy (non-hydrogen) atoms. The summed E-state index contributed by atoms with van der Waals surface area (Å²) in [5, 5.41) is 7.13. The SMILES string of the molecule is CCNCc1cnoc1-c1ccc(C)cc1. The summed E-state index contributed by atoms with van der Waals surface area (Å²) in [7, 11) is 0. The molecule has 0 saturated carbocycles.